The number of urea groups is 1. The van der Waals surface area contributed by atoms with Crippen molar-refractivity contribution in [3.8, 4) is 0 Å². The molecule has 1 aliphatic rings. The van der Waals surface area contributed by atoms with Crippen LogP contribution in [0.5, 0.6) is 0 Å². The van der Waals surface area contributed by atoms with E-state index in [0.717, 1.165) is 25.9 Å². The number of likely N-dealkylation sites (tertiary alicyclic amines) is 1. The molecule has 1 heterocycles. The lowest BCUT2D eigenvalue weighted by Gasteiger charge is -2.34. The monoisotopic (exact) mass is 214 g/mol. The van der Waals surface area contributed by atoms with Crippen LogP contribution in [0.15, 0.2) is 0 Å². The maximum Gasteiger partial charge on any atom is 0.320 e. The van der Waals surface area contributed by atoms with Crippen molar-refractivity contribution in [2.75, 3.05) is 26.2 Å². The molecule has 0 aromatic carbocycles. The quantitative estimate of drug-likeness (QED) is 0.769. The molecule has 0 aromatic rings. The van der Waals surface area contributed by atoms with Crippen LogP contribution in [-0.2, 0) is 0 Å². The van der Waals surface area contributed by atoms with Crippen molar-refractivity contribution in [1.82, 2.24) is 9.80 Å². The third-order valence-corrected chi connectivity index (χ3v) is 2.84. The molecule has 88 valence electrons. The lowest BCUT2D eigenvalue weighted by molar-refractivity contribution is 0.119. The third-order valence-electron chi connectivity index (χ3n) is 2.84. The standard InChI is InChI=1S/C11H22N2O2/c1-10(2)13(8-9-14)11(15)12-6-4-3-5-7-12/h10,14H,3-9H2,1-2H3. The van der Waals surface area contributed by atoms with Gasteiger partial charge in [0.15, 0.2) is 0 Å². The molecule has 1 saturated heterocycles. The molecule has 0 bridgehead atoms. The molecular formula is C11H22N2O2. The first-order valence-electron chi connectivity index (χ1n) is 5.83. The molecule has 0 radical (unpaired) electrons. The minimum Gasteiger partial charge on any atom is -0.395 e. The van der Waals surface area contributed by atoms with E-state index in [1.54, 1.807) is 4.90 Å². The maximum absolute atomic E-state index is 12.1. The second-order valence-corrected chi connectivity index (χ2v) is 4.34. The summed E-state index contributed by atoms with van der Waals surface area (Å²) in [5.74, 6) is 0. The van der Waals surface area contributed by atoms with Crippen LogP contribution in [0.2, 0.25) is 0 Å². The van der Waals surface area contributed by atoms with Gasteiger partial charge in [0.05, 0.1) is 6.61 Å². The maximum atomic E-state index is 12.1. The average molecular weight is 214 g/mol. The highest BCUT2D eigenvalue weighted by Gasteiger charge is 2.23. The van der Waals surface area contributed by atoms with E-state index < -0.39 is 0 Å². The third kappa shape index (κ3) is 3.38. The van der Waals surface area contributed by atoms with Gasteiger partial charge in [-0.3, -0.25) is 0 Å². The van der Waals surface area contributed by atoms with Gasteiger partial charge in [-0.25, -0.2) is 4.79 Å². The Balaban J connectivity index is 2.53. The number of aliphatic hydroxyl groups excluding tert-OH is 1. The van der Waals surface area contributed by atoms with Crippen LogP contribution in [0.1, 0.15) is 33.1 Å². The van der Waals surface area contributed by atoms with Gasteiger partial charge >= 0.3 is 6.03 Å². The zero-order valence-corrected chi connectivity index (χ0v) is 9.78. The zero-order chi connectivity index (χ0) is 11.3. The fourth-order valence-electron chi connectivity index (χ4n) is 1.95. The van der Waals surface area contributed by atoms with Crippen LogP contribution >= 0.6 is 0 Å². The topological polar surface area (TPSA) is 43.8 Å². The van der Waals surface area contributed by atoms with Gasteiger partial charge in [-0.15, -0.1) is 0 Å². The summed E-state index contributed by atoms with van der Waals surface area (Å²) in [5, 5.41) is 8.92. The molecule has 1 fully saturated rings. The first-order chi connectivity index (χ1) is 7.16. The SMILES string of the molecule is CC(C)N(CCO)C(=O)N1CCCCC1. The molecule has 0 spiro atoms. The summed E-state index contributed by atoms with van der Waals surface area (Å²) in [7, 11) is 0. The Labute approximate surface area is 91.9 Å². The van der Waals surface area contributed by atoms with Crippen molar-refractivity contribution in [2.45, 2.75) is 39.2 Å². The van der Waals surface area contributed by atoms with Crippen molar-refractivity contribution in [3.63, 3.8) is 0 Å². The number of carbonyl (C=O) groups excluding carboxylic acids is 1. The molecule has 0 aliphatic carbocycles. The Kier molecular flexibility index (Phi) is 4.88. The minimum atomic E-state index is 0.0394. The molecule has 4 nitrogen and oxygen atoms in total. The summed E-state index contributed by atoms with van der Waals surface area (Å²) in [6.45, 7) is 6.18. The molecule has 0 unspecified atom stereocenters. The van der Waals surface area contributed by atoms with Gasteiger partial charge in [-0.05, 0) is 33.1 Å². The summed E-state index contributed by atoms with van der Waals surface area (Å²) in [5.41, 5.74) is 0. The van der Waals surface area contributed by atoms with E-state index >= 15 is 0 Å². The Morgan fingerprint density at radius 1 is 1.33 bits per heavy atom. The summed E-state index contributed by atoms with van der Waals surface area (Å²) in [6, 6.07) is 0.241. The van der Waals surface area contributed by atoms with Gasteiger partial charge in [-0.2, -0.15) is 0 Å². The summed E-state index contributed by atoms with van der Waals surface area (Å²) in [4.78, 5) is 15.7. The molecule has 4 heteroatoms. The van der Waals surface area contributed by atoms with Crippen molar-refractivity contribution in [3.05, 3.63) is 0 Å². The van der Waals surface area contributed by atoms with E-state index in [2.05, 4.69) is 0 Å². The first kappa shape index (κ1) is 12.3. The van der Waals surface area contributed by atoms with Gasteiger partial charge in [-0.1, -0.05) is 0 Å². The highest BCUT2D eigenvalue weighted by Crippen LogP contribution is 2.12. The highest BCUT2D eigenvalue weighted by molar-refractivity contribution is 5.74. The Bertz CT molecular complexity index is 201. The smallest absolute Gasteiger partial charge is 0.320 e. The number of hydrogen-bond donors (Lipinski definition) is 1. The Morgan fingerprint density at radius 2 is 1.93 bits per heavy atom. The van der Waals surface area contributed by atoms with E-state index in [4.69, 9.17) is 5.11 Å². The molecule has 0 aromatic heterocycles. The molecule has 0 saturated carbocycles. The predicted molar refractivity (Wildman–Crippen MR) is 59.7 cm³/mol. The predicted octanol–water partition coefficient (Wildman–Crippen LogP) is 1.29. The van der Waals surface area contributed by atoms with E-state index in [0.29, 0.717) is 6.54 Å². The average Bonchev–Trinajstić information content (AvgIpc) is 2.26. The van der Waals surface area contributed by atoms with Crippen molar-refractivity contribution in [2.24, 2.45) is 0 Å². The molecule has 1 N–H and O–H groups in total. The van der Waals surface area contributed by atoms with Gasteiger partial charge < -0.3 is 14.9 Å². The van der Waals surface area contributed by atoms with E-state index in [9.17, 15) is 4.79 Å². The lowest BCUT2D eigenvalue weighted by atomic mass is 10.1. The number of aliphatic hydroxyl groups is 1. The van der Waals surface area contributed by atoms with Crippen molar-refractivity contribution >= 4 is 6.03 Å². The lowest BCUT2D eigenvalue weighted by Crippen LogP contribution is -2.49. The van der Waals surface area contributed by atoms with Gasteiger partial charge in [0, 0.05) is 25.7 Å². The number of nitrogens with zero attached hydrogens (tertiary/aromatic N) is 2. The van der Waals surface area contributed by atoms with Gasteiger partial charge in [0.1, 0.15) is 0 Å². The first-order valence-corrected chi connectivity index (χ1v) is 5.83. The normalized spacial score (nSPS) is 16.9. The highest BCUT2D eigenvalue weighted by atomic mass is 16.3. The molecule has 0 atom stereocenters. The second-order valence-electron chi connectivity index (χ2n) is 4.34. The van der Waals surface area contributed by atoms with E-state index in [1.165, 1.54) is 6.42 Å². The fourth-order valence-corrected chi connectivity index (χ4v) is 1.95. The van der Waals surface area contributed by atoms with Crippen LogP contribution in [-0.4, -0.2) is 53.2 Å². The van der Waals surface area contributed by atoms with Crippen LogP contribution in [0.25, 0.3) is 0 Å². The van der Waals surface area contributed by atoms with Gasteiger partial charge in [0.2, 0.25) is 0 Å². The number of rotatable bonds is 3. The molecule has 1 rings (SSSR count). The summed E-state index contributed by atoms with van der Waals surface area (Å²) < 4.78 is 0. The summed E-state index contributed by atoms with van der Waals surface area (Å²) in [6.07, 6.45) is 3.44. The minimum absolute atomic E-state index is 0.0394. The number of piperidine rings is 1. The van der Waals surface area contributed by atoms with Crippen molar-refractivity contribution in [1.29, 1.82) is 0 Å². The Hall–Kier alpha value is -0.770. The van der Waals surface area contributed by atoms with Crippen LogP contribution < -0.4 is 0 Å². The summed E-state index contributed by atoms with van der Waals surface area (Å²) >= 11 is 0. The number of hydrogen-bond acceptors (Lipinski definition) is 2. The molecular weight excluding hydrogens is 192 g/mol. The van der Waals surface area contributed by atoms with Crippen LogP contribution in [0.4, 0.5) is 4.79 Å². The number of carbonyl (C=O) groups is 1. The largest absolute Gasteiger partial charge is 0.395 e. The van der Waals surface area contributed by atoms with E-state index in [-0.39, 0.29) is 18.7 Å². The van der Waals surface area contributed by atoms with Crippen molar-refractivity contribution < 1.29 is 9.90 Å². The zero-order valence-electron chi connectivity index (χ0n) is 9.78. The van der Waals surface area contributed by atoms with Gasteiger partial charge in [0.25, 0.3) is 0 Å². The molecule has 2 amide bonds. The van der Waals surface area contributed by atoms with Crippen LogP contribution in [0.3, 0.4) is 0 Å². The fraction of sp³-hybridized carbons (Fsp3) is 0.909. The van der Waals surface area contributed by atoms with E-state index in [1.807, 2.05) is 18.7 Å². The second kappa shape index (κ2) is 5.95. The molecule has 1 aliphatic heterocycles. The number of amides is 2. The van der Waals surface area contributed by atoms with Crippen LogP contribution in [0, 0.1) is 0 Å². The Morgan fingerprint density at radius 3 is 2.40 bits per heavy atom. The molecule has 15 heavy (non-hydrogen) atoms.